The Morgan fingerprint density at radius 1 is 1.06 bits per heavy atom. The Morgan fingerprint density at radius 3 is 2.59 bits per heavy atom. The van der Waals surface area contributed by atoms with Crippen LogP contribution in [0, 0.1) is 0 Å². The van der Waals surface area contributed by atoms with Gasteiger partial charge in [0.15, 0.2) is 0 Å². The number of hydrogen-bond donors (Lipinski definition) is 1. The first-order valence-electron chi connectivity index (χ1n) is 11.5. The molecule has 1 aromatic heterocycles. The smallest absolute Gasteiger partial charge is 0.256 e. The van der Waals surface area contributed by atoms with E-state index < -0.39 is 5.54 Å². The Hall–Kier alpha value is -3.35. The standard InChI is InChI=1S/C25H28N6O/c1-2-3-11-22-26-25(14-7-8-15-25)24(32)31(22)17-18-12-13-20(19-9-5-4-6-10-19)21(16-18)23-27-29-30-28-23/h4-6,9-10,12-13,16H,2-3,7-8,11,14-15,17H2,1H3,(H,27,28,29,30). The molecule has 3 aromatic rings. The van der Waals surface area contributed by atoms with Crippen LogP contribution in [0.2, 0.25) is 0 Å². The van der Waals surface area contributed by atoms with Crippen molar-refractivity contribution in [3.05, 3.63) is 54.1 Å². The molecule has 2 aromatic carbocycles. The number of carbonyl (C=O) groups is 1. The number of tetrazole rings is 1. The number of nitrogens with zero attached hydrogens (tertiary/aromatic N) is 5. The maximum atomic E-state index is 13.5. The normalized spacial score (nSPS) is 17.3. The fourth-order valence-corrected chi connectivity index (χ4v) is 4.90. The number of aromatic amines is 1. The first-order chi connectivity index (χ1) is 15.7. The number of unbranched alkanes of at least 4 members (excludes halogenated alkanes) is 1. The summed E-state index contributed by atoms with van der Waals surface area (Å²) < 4.78 is 0. The van der Waals surface area contributed by atoms with Gasteiger partial charge in [-0.15, -0.1) is 10.2 Å². The summed E-state index contributed by atoms with van der Waals surface area (Å²) in [6.07, 6.45) is 6.89. The first kappa shape index (κ1) is 20.5. The topological polar surface area (TPSA) is 87.1 Å². The summed E-state index contributed by atoms with van der Waals surface area (Å²) in [4.78, 5) is 20.4. The van der Waals surface area contributed by atoms with Crippen molar-refractivity contribution in [3.8, 4) is 22.5 Å². The summed E-state index contributed by atoms with van der Waals surface area (Å²) in [7, 11) is 0. The zero-order valence-electron chi connectivity index (χ0n) is 18.4. The summed E-state index contributed by atoms with van der Waals surface area (Å²) in [6.45, 7) is 2.69. The minimum Gasteiger partial charge on any atom is -0.294 e. The molecule has 1 aliphatic heterocycles. The van der Waals surface area contributed by atoms with Gasteiger partial charge >= 0.3 is 0 Å². The molecular weight excluding hydrogens is 400 g/mol. The molecule has 1 aliphatic carbocycles. The second-order valence-electron chi connectivity index (χ2n) is 8.74. The third-order valence-corrected chi connectivity index (χ3v) is 6.58. The second kappa shape index (κ2) is 8.65. The lowest BCUT2D eigenvalue weighted by atomic mass is 9.96. The van der Waals surface area contributed by atoms with Crippen LogP contribution in [-0.2, 0) is 11.3 Å². The number of carbonyl (C=O) groups excluding carboxylic acids is 1. The van der Waals surface area contributed by atoms with E-state index in [4.69, 9.17) is 4.99 Å². The van der Waals surface area contributed by atoms with Crippen LogP contribution in [0.25, 0.3) is 22.5 Å². The van der Waals surface area contributed by atoms with Gasteiger partial charge in [0.2, 0.25) is 5.82 Å². The van der Waals surface area contributed by atoms with Crippen LogP contribution >= 0.6 is 0 Å². The zero-order valence-corrected chi connectivity index (χ0v) is 18.4. The largest absolute Gasteiger partial charge is 0.294 e. The first-order valence-corrected chi connectivity index (χ1v) is 11.5. The third-order valence-electron chi connectivity index (χ3n) is 6.58. The maximum absolute atomic E-state index is 13.5. The lowest BCUT2D eigenvalue weighted by molar-refractivity contribution is -0.131. The van der Waals surface area contributed by atoms with Crippen molar-refractivity contribution >= 4 is 11.7 Å². The fourth-order valence-electron chi connectivity index (χ4n) is 4.90. The van der Waals surface area contributed by atoms with Crippen LogP contribution < -0.4 is 0 Å². The number of hydrogen-bond acceptors (Lipinski definition) is 5. The highest BCUT2D eigenvalue weighted by Crippen LogP contribution is 2.40. The van der Waals surface area contributed by atoms with Crippen LogP contribution in [0.4, 0.5) is 0 Å². The number of H-pyrrole nitrogens is 1. The van der Waals surface area contributed by atoms with Crippen LogP contribution in [0.3, 0.4) is 0 Å². The highest BCUT2D eigenvalue weighted by atomic mass is 16.2. The van der Waals surface area contributed by atoms with E-state index in [1.807, 2.05) is 23.1 Å². The molecule has 1 amide bonds. The molecule has 0 radical (unpaired) electrons. The average Bonchev–Trinajstić information content (AvgIpc) is 3.58. The van der Waals surface area contributed by atoms with Gasteiger partial charge in [0.1, 0.15) is 11.4 Å². The van der Waals surface area contributed by atoms with E-state index in [2.05, 4.69) is 57.9 Å². The summed E-state index contributed by atoms with van der Waals surface area (Å²) in [5.41, 5.74) is 3.56. The number of rotatable bonds is 7. The molecule has 0 saturated heterocycles. The molecule has 1 saturated carbocycles. The molecule has 1 spiro atoms. The van der Waals surface area contributed by atoms with Crippen molar-refractivity contribution in [2.75, 3.05) is 0 Å². The Morgan fingerprint density at radius 2 is 1.88 bits per heavy atom. The van der Waals surface area contributed by atoms with Crippen LogP contribution in [-0.4, -0.2) is 42.8 Å². The van der Waals surface area contributed by atoms with Crippen molar-refractivity contribution in [3.63, 3.8) is 0 Å². The Balaban J connectivity index is 1.49. The molecule has 32 heavy (non-hydrogen) atoms. The average molecular weight is 429 g/mol. The lowest BCUT2D eigenvalue weighted by Crippen LogP contribution is -2.40. The molecule has 2 heterocycles. The van der Waals surface area contributed by atoms with Crippen LogP contribution in [0.1, 0.15) is 57.4 Å². The summed E-state index contributed by atoms with van der Waals surface area (Å²) in [5.74, 6) is 1.67. The quantitative estimate of drug-likeness (QED) is 0.587. The molecular formula is C25H28N6O. The second-order valence-corrected chi connectivity index (χ2v) is 8.74. The number of benzene rings is 2. The lowest BCUT2D eigenvalue weighted by Gasteiger charge is -2.23. The van der Waals surface area contributed by atoms with E-state index in [0.717, 1.165) is 73.0 Å². The van der Waals surface area contributed by atoms with Crippen LogP contribution in [0.15, 0.2) is 53.5 Å². The number of aliphatic imine (C=N–C) groups is 1. The molecule has 7 nitrogen and oxygen atoms in total. The molecule has 0 bridgehead atoms. The number of amides is 1. The monoisotopic (exact) mass is 428 g/mol. The zero-order chi connectivity index (χ0) is 22.0. The molecule has 7 heteroatoms. The van der Waals surface area contributed by atoms with E-state index in [9.17, 15) is 4.79 Å². The maximum Gasteiger partial charge on any atom is 0.256 e. The van der Waals surface area contributed by atoms with Gasteiger partial charge in [-0.3, -0.25) is 14.7 Å². The van der Waals surface area contributed by atoms with Gasteiger partial charge in [0.25, 0.3) is 5.91 Å². The van der Waals surface area contributed by atoms with Crippen molar-refractivity contribution in [1.29, 1.82) is 0 Å². The van der Waals surface area contributed by atoms with Crippen molar-refractivity contribution in [2.45, 2.75) is 64.0 Å². The fraction of sp³-hybridized carbons (Fsp3) is 0.400. The van der Waals surface area contributed by atoms with Gasteiger partial charge < -0.3 is 0 Å². The highest BCUT2D eigenvalue weighted by Gasteiger charge is 2.49. The molecule has 5 rings (SSSR count). The third kappa shape index (κ3) is 3.72. The van der Waals surface area contributed by atoms with E-state index in [1.165, 1.54) is 0 Å². The summed E-state index contributed by atoms with van der Waals surface area (Å²) in [6, 6.07) is 16.4. The predicted molar refractivity (Wildman–Crippen MR) is 124 cm³/mol. The van der Waals surface area contributed by atoms with Crippen molar-refractivity contribution in [2.24, 2.45) is 4.99 Å². The Bertz CT molecular complexity index is 1120. The molecule has 1 N–H and O–H groups in total. The van der Waals surface area contributed by atoms with Gasteiger partial charge in [0.05, 0.1) is 6.54 Å². The minimum atomic E-state index is -0.510. The molecule has 164 valence electrons. The van der Waals surface area contributed by atoms with E-state index in [-0.39, 0.29) is 5.91 Å². The van der Waals surface area contributed by atoms with Gasteiger partial charge in [-0.25, -0.2) is 0 Å². The summed E-state index contributed by atoms with van der Waals surface area (Å²) in [5, 5.41) is 14.8. The van der Waals surface area contributed by atoms with Crippen molar-refractivity contribution in [1.82, 2.24) is 25.5 Å². The number of amidine groups is 1. The molecule has 1 fully saturated rings. The van der Waals surface area contributed by atoms with E-state index in [1.54, 1.807) is 0 Å². The van der Waals surface area contributed by atoms with E-state index in [0.29, 0.717) is 12.4 Å². The number of nitrogens with one attached hydrogen (secondary N) is 1. The number of aromatic nitrogens is 4. The SMILES string of the molecule is CCCCC1=NC2(CCCC2)C(=O)N1Cc1ccc(-c2ccccc2)c(-c2nn[nH]n2)c1. The van der Waals surface area contributed by atoms with Crippen LogP contribution in [0.5, 0.6) is 0 Å². The molecule has 2 aliphatic rings. The van der Waals surface area contributed by atoms with Gasteiger partial charge in [0, 0.05) is 12.0 Å². The van der Waals surface area contributed by atoms with Gasteiger partial charge in [-0.05, 0) is 47.2 Å². The van der Waals surface area contributed by atoms with Gasteiger partial charge in [-0.1, -0.05) is 68.7 Å². The molecule has 0 atom stereocenters. The van der Waals surface area contributed by atoms with Gasteiger partial charge in [-0.2, -0.15) is 5.21 Å². The van der Waals surface area contributed by atoms with E-state index >= 15 is 0 Å². The highest BCUT2D eigenvalue weighted by molar-refractivity contribution is 6.08. The minimum absolute atomic E-state index is 0.175. The van der Waals surface area contributed by atoms with Crippen molar-refractivity contribution < 1.29 is 4.79 Å². The predicted octanol–water partition coefficient (Wildman–Crippen LogP) is 4.78. The Kier molecular flexibility index (Phi) is 5.55. The molecule has 0 unspecified atom stereocenters. The Labute approximate surface area is 188 Å². The summed E-state index contributed by atoms with van der Waals surface area (Å²) >= 11 is 0.